The van der Waals surface area contributed by atoms with Crippen molar-refractivity contribution in [2.45, 2.75) is 64.3 Å². The predicted octanol–water partition coefficient (Wildman–Crippen LogP) is 3.18. The molecule has 1 aromatic rings. The Morgan fingerprint density at radius 1 is 1.30 bits per heavy atom. The molecule has 2 rings (SSSR count). The van der Waals surface area contributed by atoms with Gasteiger partial charge in [0, 0.05) is 13.5 Å². The molecule has 0 bridgehead atoms. The topological polar surface area (TPSA) is 54.0 Å². The largest absolute Gasteiger partial charge is 0.453 e. The van der Waals surface area contributed by atoms with Crippen molar-refractivity contribution < 1.29 is 23.7 Å². The third-order valence-electron chi connectivity index (χ3n) is 4.10. The van der Waals surface area contributed by atoms with Crippen molar-refractivity contribution in [2.24, 2.45) is 0 Å². The van der Waals surface area contributed by atoms with E-state index in [4.69, 9.17) is 18.9 Å². The zero-order valence-corrected chi connectivity index (χ0v) is 14.4. The van der Waals surface area contributed by atoms with Gasteiger partial charge in [0.2, 0.25) is 0 Å². The van der Waals surface area contributed by atoms with E-state index in [1.165, 1.54) is 0 Å². The fourth-order valence-corrected chi connectivity index (χ4v) is 2.86. The van der Waals surface area contributed by atoms with Crippen LogP contribution in [-0.2, 0) is 18.9 Å². The Labute approximate surface area is 137 Å². The Hall–Kier alpha value is -1.43. The summed E-state index contributed by atoms with van der Waals surface area (Å²) in [7, 11) is 1.62. The number of methoxy groups -OCH3 is 1. The number of esters is 1. The van der Waals surface area contributed by atoms with Crippen molar-refractivity contribution in [3.8, 4) is 0 Å². The zero-order chi connectivity index (χ0) is 17.0. The number of carbonyl (C=O) groups excluding carboxylic acids is 1. The summed E-state index contributed by atoms with van der Waals surface area (Å²) in [5, 5.41) is 0. The number of hydrogen-bond acceptors (Lipinski definition) is 5. The van der Waals surface area contributed by atoms with Gasteiger partial charge in [-0.2, -0.15) is 0 Å². The first-order valence-corrected chi connectivity index (χ1v) is 7.98. The highest BCUT2D eigenvalue weighted by Gasteiger charge is 2.48. The maximum Gasteiger partial charge on any atom is 0.338 e. The second-order valence-electron chi connectivity index (χ2n) is 6.37. The molecule has 0 unspecified atom stereocenters. The highest BCUT2D eigenvalue weighted by molar-refractivity contribution is 5.89. The quantitative estimate of drug-likeness (QED) is 0.779. The van der Waals surface area contributed by atoms with Gasteiger partial charge >= 0.3 is 5.97 Å². The highest BCUT2D eigenvalue weighted by Crippen LogP contribution is 2.35. The van der Waals surface area contributed by atoms with Crippen molar-refractivity contribution in [3.05, 3.63) is 35.9 Å². The van der Waals surface area contributed by atoms with Crippen LogP contribution in [0.25, 0.3) is 0 Å². The van der Waals surface area contributed by atoms with Crippen molar-refractivity contribution in [3.63, 3.8) is 0 Å². The molecule has 0 amide bonds. The lowest BCUT2D eigenvalue weighted by Crippen LogP contribution is -2.58. The van der Waals surface area contributed by atoms with E-state index in [0.717, 1.165) is 0 Å². The van der Waals surface area contributed by atoms with Crippen LogP contribution in [-0.4, -0.2) is 43.3 Å². The maximum absolute atomic E-state index is 12.4. The monoisotopic (exact) mass is 322 g/mol. The SMILES string of the molecule is CO[C@]1(C)C[C@H](OC(C)C)O[C@@H](C)[C@@H]1OC(=O)c1ccccc1. The molecule has 1 saturated heterocycles. The number of hydrogen-bond donors (Lipinski definition) is 0. The van der Waals surface area contributed by atoms with Gasteiger partial charge < -0.3 is 18.9 Å². The third kappa shape index (κ3) is 4.31. The molecular weight excluding hydrogens is 296 g/mol. The number of ether oxygens (including phenoxy) is 4. The van der Waals surface area contributed by atoms with E-state index in [1.54, 1.807) is 31.4 Å². The van der Waals surface area contributed by atoms with Gasteiger partial charge in [0.25, 0.3) is 0 Å². The molecule has 4 atom stereocenters. The smallest absolute Gasteiger partial charge is 0.338 e. The molecule has 1 aromatic carbocycles. The van der Waals surface area contributed by atoms with Crippen LogP contribution in [0, 0.1) is 0 Å². The van der Waals surface area contributed by atoms with Crippen LogP contribution in [0.3, 0.4) is 0 Å². The molecule has 23 heavy (non-hydrogen) atoms. The first-order chi connectivity index (χ1) is 10.9. The molecule has 1 fully saturated rings. The molecule has 128 valence electrons. The second kappa shape index (κ2) is 7.43. The minimum atomic E-state index is -0.665. The molecule has 1 aliphatic rings. The summed E-state index contributed by atoms with van der Waals surface area (Å²) in [5.41, 5.74) is -0.152. The van der Waals surface area contributed by atoms with E-state index in [-0.39, 0.29) is 24.5 Å². The van der Waals surface area contributed by atoms with E-state index in [9.17, 15) is 4.79 Å². The number of benzene rings is 1. The van der Waals surface area contributed by atoms with E-state index >= 15 is 0 Å². The van der Waals surface area contributed by atoms with Gasteiger partial charge in [0.1, 0.15) is 5.60 Å². The summed E-state index contributed by atoms with van der Waals surface area (Å²) in [6.45, 7) is 7.71. The molecule has 5 heteroatoms. The van der Waals surface area contributed by atoms with Gasteiger partial charge in [-0.15, -0.1) is 0 Å². The Bertz CT molecular complexity index is 515. The normalized spacial score (nSPS) is 31.1. The van der Waals surface area contributed by atoms with Crippen molar-refractivity contribution in [1.82, 2.24) is 0 Å². The fraction of sp³-hybridized carbons (Fsp3) is 0.611. The minimum Gasteiger partial charge on any atom is -0.453 e. The molecule has 0 aliphatic carbocycles. The standard InChI is InChI=1S/C18H26O5/c1-12(2)21-15-11-18(4,20-5)16(13(3)22-15)23-17(19)14-9-7-6-8-10-14/h6-10,12-13,15-16H,11H2,1-5H3/t13-,15+,16-,18+/m0/s1. The summed E-state index contributed by atoms with van der Waals surface area (Å²) in [6, 6.07) is 8.92. The molecule has 1 aliphatic heterocycles. The lowest BCUT2D eigenvalue weighted by molar-refractivity contribution is -0.284. The van der Waals surface area contributed by atoms with Crippen molar-refractivity contribution in [2.75, 3.05) is 7.11 Å². The summed E-state index contributed by atoms with van der Waals surface area (Å²) in [6.07, 6.45) is -0.658. The fourth-order valence-electron chi connectivity index (χ4n) is 2.86. The van der Waals surface area contributed by atoms with Crippen LogP contribution in [0.4, 0.5) is 0 Å². The van der Waals surface area contributed by atoms with E-state index < -0.39 is 11.7 Å². The van der Waals surface area contributed by atoms with E-state index in [2.05, 4.69) is 0 Å². The third-order valence-corrected chi connectivity index (χ3v) is 4.10. The lowest BCUT2D eigenvalue weighted by atomic mass is 9.88. The first kappa shape index (κ1) is 17.9. The summed E-state index contributed by atoms with van der Waals surface area (Å²) in [4.78, 5) is 12.4. The van der Waals surface area contributed by atoms with E-state index in [0.29, 0.717) is 12.0 Å². The van der Waals surface area contributed by atoms with Crippen molar-refractivity contribution >= 4 is 5.97 Å². The van der Waals surface area contributed by atoms with Gasteiger partial charge in [-0.3, -0.25) is 0 Å². The summed E-state index contributed by atoms with van der Waals surface area (Å²) >= 11 is 0. The summed E-state index contributed by atoms with van der Waals surface area (Å²) in [5.74, 6) is -0.377. The highest BCUT2D eigenvalue weighted by atomic mass is 16.7. The molecule has 0 N–H and O–H groups in total. The Balaban J connectivity index is 2.12. The average molecular weight is 322 g/mol. The van der Waals surface area contributed by atoms with Gasteiger partial charge in [-0.05, 0) is 39.8 Å². The molecule has 0 aromatic heterocycles. The average Bonchev–Trinajstić information content (AvgIpc) is 2.51. The molecule has 0 radical (unpaired) electrons. The number of rotatable bonds is 5. The van der Waals surface area contributed by atoms with Crippen LogP contribution >= 0.6 is 0 Å². The second-order valence-corrected chi connectivity index (χ2v) is 6.37. The predicted molar refractivity (Wildman–Crippen MR) is 86.2 cm³/mol. The number of carbonyl (C=O) groups is 1. The molecule has 0 saturated carbocycles. The van der Waals surface area contributed by atoms with Crippen LogP contribution in [0.2, 0.25) is 0 Å². The molecular formula is C18H26O5. The molecule has 5 nitrogen and oxygen atoms in total. The Morgan fingerprint density at radius 2 is 1.96 bits per heavy atom. The first-order valence-electron chi connectivity index (χ1n) is 7.98. The molecule has 1 heterocycles. The van der Waals surface area contributed by atoms with Crippen LogP contribution in [0.5, 0.6) is 0 Å². The van der Waals surface area contributed by atoms with E-state index in [1.807, 2.05) is 33.8 Å². The lowest BCUT2D eigenvalue weighted by Gasteiger charge is -2.46. The summed E-state index contributed by atoms with van der Waals surface area (Å²) < 4.78 is 23.0. The van der Waals surface area contributed by atoms with Gasteiger partial charge in [-0.25, -0.2) is 4.79 Å². The van der Waals surface area contributed by atoms with Crippen LogP contribution in [0.15, 0.2) is 30.3 Å². The van der Waals surface area contributed by atoms with Crippen LogP contribution < -0.4 is 0 Å². The van der Waals surface area contributed by atoms with Crippen LogP contribution in [0.1, 0.15) is 44.5 Å². The molecule has 0 spiro atoms. The Kier molecular flexibility index (Phi) is 5.79. The van der Waals surface area contributed by atoms with Gasteiger partial charge in [0.05, 0.1) is 17.8 Å². The van der Waals surface area contributed by atoms with Gasteiger partial charge in [-0.1, -0.05) is 18.2 Å². The minimum absolute atomic E-state index is 0.0525. The van der Waals surface area contributed by atoms with Crippen molar-refractivity contribution in [1.29, 1.82) is 0 Å². The van der Waals surface area contributed by atoms with Gasteiger partial charge in [0.15, 0.2) is 12.4 Å². The Morgan fingerprint density at radius 3 is 2.52 bits per heavy atom. The maximum atomic E-state index is 12.4. The zero-order valence-electron chi connectivity index (χ0n) is 14.4.